The first-order chi connectivity index (χ1) is 21.5. The fourth-order valence-corrected chi connectivity index (χ4v) is 5.69. The summed E-state index contributed by atoms with van der Waals surface area (Å²) in [7, 11) is 0. The maximum Gasteiger partial charge on any atom is 0.295 e. The van der Waals surface area contributed by atoms with Crippen LogP contribution < -0.4 is 18.9 Å². The Morgan fingerprint density at radius 2 is 1.64 bits per heavy atom. The summed E-state index contributed by atoms with van der Waals surface area (Å²) in [4.78, 5) is 30.9. The predicted octanol–water partition coefficient (Wildman–Crippen LogP) is 4.19. The molecule has 0 spiro atoms. The Morgan fingerprint density at radius 1 is 0.864 bits per heavy atom. The molecule has 0 unspecified atom stereocenters. The van der Waals surface area contributed by atoms with Crippen LogP contribution in [-0.4, -0.2) is 85.8 Å². The Labute approximate surface area is 256 Å². The van der Waals surface area contributed by atoms with Crippen LogP contribution in [0.3, 0.4) is 0 Å². The van der Waals surface area contributed by atoms with Crippen molar-refractivity contribution in [3.8, 4) is 23.0 Å². The number of hydrogen-bond donors (Lipinski definition) is 1. The van der Waals surface area contributed by atoms with Gasteiger partial charge in [-0.1, -0.05) is 36.4 Å². The Kier molecular flexibility index (Phi) is 8.99. The van der Waals surface area contributed by atoms with E-state index in [1.807, 2.05) is 43.3 Å². The summed E-state index contributed by atoms with van der Waals surface area (Å²) in [5.41, 5.74) is 2.00. The smallest absolute Gasteiger partial charge is 0.295 e. The first-order valence-electron chi connectivity index (χ1n) is 15.0. The van der Waals surface area contributed by atoms with Gasteiger partial charge in [0.2, 0.25) is 0 Å². The van der Waals surface area contributed by atoms with Gasteiger partial charge in [0.25, 0.3) is 11.7 Å². The van der Waals surface area contributed by atoms with Crippen LogP contribution in [0, 0.1) is 0 Å². The molecule has 1 atom stereocenters. The Bertz CT molecular complexity index is 1530. The molecule has 230 valence electrons. The summed E-state index contributed by atoms with van der Waals surface area (Å²) in [6, 6.07) is 19.4. The number of fused-ring (bicyclic) bond motifs is 1. The van der Waals surface area contributed by atoms with Crippen molar-refractivity contribution in [3.05, 3.63) is 89.0 Å². The van der Waals surface area contributed by atoms with E-state index >= 15 is 0 Å². The van der Waals surface area contributed by atoms with Crippen LogP contribution in [0.1, 0.15) is 29.7 Å². The molecule has 6 rings (SSSR count). The third kappa shape index (κ3) is 6.22. The van der Waals surface area contributed by atoms with Gasteiger partial charge >= 0.3 is 0 Å². The summed E-state index contributed by atoms with van der Waals surface area (Å²) in [6.07, 6.45) is 0. The third-order valence-corrected chi connectivity index (χ3v) is 7.94. The van der Waals surface area contributed by atoms with Crippen molar-refractivity contribution in [2.45, 2.75) is 19.6 Å². The van der Waals surface area contributed by atoms with Crippen molar-refractivity contribution in [3.63, 3.8) is 0 Å². The fraction of sp³-hybridized carbons (Fsp3) is 0.353. The number of carbonyl (C=O) groups is 2. The number of aliphatic hydroxyl groups is 1. The molecule has 0 saturated carbocycles. The van der Waals surface area contributed by atoms with E-state index in [1.54, 1.807) is 30.3 Å². The zero-order valence-electron chi connectivity index (χ0n) is 24.7. The molecule has 3 aliphatic heterocycles. The van der Waals surface area contributed by atoms with E-state index in [-0.39, 0.29) is 11.3 Å². The lowest BCUT2D eigenvalue weighted by atomic mass is 9.94. The van der Waals surface area contributed by atoms with Crippen molar-refractivity contribution in [1.82, 2.24) is 9.80 Å². The minimum absolute atomic E-state index is 0.00839. The van der Waals surface area contributed by atoms with E-state index in [4.69, 9.17) is 23.7 Å². The second-order valence-electron chi connectivity index (χ2n) is 10.7. The SMILES string of the molecule is CCOc1cc([C@@H]2/C(=C(\O)c3ccc4c(c3)OCCO4)C(=O)C(=O)N2CCN2CCOCC2)ccc1OCc1ccccc1. The van der Waals surface area contributed by atoms with E-state index in [0.717, 1.165) is 18.7 Å². The summed E-state index contributed by atoms with van der Waals surface area (Å²) in [6.45, 7) is 7.01. The first kappa shape index (κ1) is 29.5. The highest BCUT2D eigenvalue weighted by Gasteiger charge is 2.46. The van der Waals surface area contributed by atoms with Crippen molar-refractivity contribution >= 4 is 17.4 Å². The Balaban J connectivity index is 1.37. The van der Waals surface area contributed by atoms with E-state index in [1.165, 1.54) is 4.90 Å². The van der Waals surface area contributed by atoms with Gasteiger partial charge in [-0.3, -0.25) is 14.5 Å². The molecule has 1 amide bonds. The third-order valence-electron chi connectivity index (χ3n) is 7.94. The van der Waals surface area contributed by atoms with Crippen molar-refractivity contribution in [2.75, 3.05) is 59.2 Å². The Hall–Kier alpha value is -4.54. The standard InChI is InChI=1S/C34H36N2O8/c1-2-41-28-20-24(8-10-27(28)44-22-23-6-4-3-5-7-23)31-30(32(37)25-9-11-26-29(21-25)43-19-18-42-26)33(38)34(39)36(31)13-12-35-14-16-40-17-15-35/h3-11,20-21,31,37H,2,12-19,22H2,1H3/b32-30+/t31-/m1/s1. The highest BCUT2D eigenvalue weighted by molar-refractivity contribution is 6.46. The highest BCUT2D eigenvalue weighted by Crippen LogP contribution is 2.43. The number of nitrogens with zero attached hydrogens (tertiary/aromatic N) is 2. The molecule has 2 fully saturated rings. The zero-order valence-corrected chi connectivity index (χ0v) is 24.7. The van der Waals surface area contributed by atoms with Crippen LogP contribution in [0.2, 0.25) is 0 Å². The zero-order chi connectivity index (χ0) is 30.5. The molecule has 3 aromatic rings. The van der Waals surface area contributed by atoms with Gasteiger partial charge in [-0.2, -0.15) is 0 Å². The predicted molar refractivity (Wildman–Crippen MR) is 162 cm³/mol. The molecule has 3 aromatic carbocycles. The van der Waals surface area contributed by atoms with Crippen molar-refractivity contribution in [1.29, 1.82) is 0 Å². The van der Waals surface area contributed by atoms with Crippen molar-refractivity contribution < 1.29 is 38.4 Å². The number of likely N-dealkylation sites (tertiary alicyclic amines) is 1. The fourth-order valence-electron chi connectivity index (χ4n) is 5.69. The van der Waals surface area contributed by atoms with Gasteiger partial charge in [0.05, 0.1) is 31.4 Å². The van der Waals surface area contributed by atoms with Gasteiger partial charge in [0.15, 0.2) is 23.0 Å². The molecule has 0 aliphatic carbocycles. The van der Waals surface area contributed by atoms with E-state index in [0.29, 0.717) is 86.9 Å². The second-order valence-corrected chi connectivity index (χ2v) is 10.7. The summed E-state index contributed by atoms with van der Waals surface area (Å²) >= 11 is 0. The largest absolute Gasteiger partial charge is 0.507 e. The number of benzene rings is 3. The van der Waals surface area contributed by atoms with Crippen LogP contribution in [0.15, 0.2) is 72.3 Å². The van der Waals surface area contributed by atoms with Crippen molar-refractivity contribution in [2.24, 2.45) is 0 Å². The average molecular weight is 601 g/mol. The molecule has 10 heteroatoms. The molecule has 10 nitrogen and oxygen atoms in total. The number of aliphatic hydroxyl groups excluding tert-OH is 1. The molecule has 3 aliphatic rings. The van der Waals surface area contributed by atoms with Gasteiger partial charge in [-0.25, -0.2) is 0 Å². The highest BCUT2D eigenvalue weighted by atomic mass is 16.6. The van der Waals surface area contributed by atoms with Crippen LogP contribution in [0.25, 0.3) is 5.76 Å². The normalized spacial score (nSPS) is 19.7. The van der Waals surface area contributed by atoms with Gasteiger partial charge in [-0.05, 0) is 48.4 Å². The average Bonchev–Trinajstić information content (AvgIpc) is 3.32. The van der Waals surface area contributed by atoms with E-state index in [2.05, 4.69) is 4.90 Å². The number of ether oxygens (including phenoxy) is 5. The van der Waals surface area contributed by atoms with Gasteiger partial charge in [-0.15, -0.1) is 0 Å². The minimum Gasteiger partial charge on any atom is -0.507 e. The molecular weight excluding hydrogens is 564 g/mol. The van der Waals surface area contributed by atoms with Gasteiger partial charge in [0, 0.05) is 31.7 Å². The van der Waals surface area contributed by atoms with E-state index < -0.39 is 17.7 Å². The van der Waals surface area contributed by atoms with Crippen LogP contribution >= 0.6 is 0 Å². The molecule has 1 N–H and O–H groups in total. The lowest BCUT2D eigenvalue weighted by Crippen LogP contribution is -2.42. The number of rotatable bonds is 10. The maximum atomic E-state index is 13.6. The molecule has 0 aromatic heterocycles. The van der Waals surface area contributed by atoms with Crippen LogP contribution in [-0.2, 0) is 20.9 Å². The molecule has 44 heavy (non-hydrogen) atoms. The van der Waals surface area contributed by atoms with Gasteiger partial charge in [0.1, 0.15) is 25.6 Å². The quantitative estimate of drug-likeness (QED) is 0.208. The number of amides is 1. The second kappa shape index (κ2) is 13.4. The molecular formula is C34H36N2O8. The van der Waals surface area contributed by atoms with Crippen LogP contribution in [0.5, 0.6) is 23.0 Å². The monoisotopic (exact) mass is 600 g/mol. The minimum atomic E-state index is -0.841. The molecule has 0 radical (unpaired) electrons. The molecule has 0 bridgehead atoms. The number of morpholine rings is 1. The number of ketones is 1. The summed E-state index contributed by atoms with van der Waals surface area (Å²) in [5.74, 6) is 0.369. The van der Waals surface area contributed by atoms with Crippen LogP contribution in [0.4, 0.5) is 0 Å². The molecule has 3 heterocycles. The summed E-state index contributed by atoms with van der Waals surface area (Å²) < 4.78 is 28.9. The first-order valence-corrected chi connectivity index (χ1v) is 15.0. The molecule has 2 saturated heterocycles. The number of hydrogen-bond acceptors (Lipinski definition) is 9. The number of carbonyl (C=O) groups excluding carboxylic acids is 2. The lowest BCUT2D eigenvalue weighted by molar-refractivity contribution is -0.140. The lowest BCUT2D eigenvalue weighted by Gasteiger charge is -2.31. The number of Topliss-reactive ketones (excluding diaryl/α,β-unsaturated/α-hetero) is 1. The summed E-state index contributed by atoms with van der Waals surface area (Å²) in [5, 5.41) is 11.6. The van der Waals surface area contributed by atoms with E-state index in [9.17, 15) is 14.7 Å². The topological polar surface area (TPSA) is 107 Å². The Morgan fingerprint density at radius 3 is 2.41 bits per heavy atom. The maximum absolute atomic E-state index is 13.6. The van der Waals surface area contributed by atoms with Gasteiger partial charge < -0.3 is 33.7 Å².